The molecule has 0 heterocycles. The van der Waals surface area contributed by atoms with E-state index in [2.05, 4.69) is 0 Å². The van der Waals surface area contributed by atoms with E-state index in [0.717, 1.165) is 12.0 Å². The van der Waals surface area contributed by atoms with Gasteiger partial charge in [0, 0.05) is 5.92 Å². The van der Waals surface area contributed by atoms with Gasteiger partial charge in [-0.05, 0) is 24.1 Å². The summed E-state index contributed by atoms with van der Waals surface area (Å²) < 4.78 is 30.5. The van der Waals surface area contributed by atoms with Crippen LogP contribution in [0.15, 0.2) is 34.3 Å². The number of allylic oxidation sites excluding steroid dienone is 5. The van der Waals surface area contributed by atoms with E-state index in [-0.39, 0.29) is 4.91 Å². The van der Waals surface area contributed by atoms with Gasteiger partial charge in [0.25, 0.3) is 10.1 Å². The van der Waals surface area contributed by atoms with Crippen molar-refractivity contribution in [3.05, 3.63) is 34.3 Å². The maximum atomic E-state index is 10.8. The summed E-state index contributed by atoms with van der Waals surface area (Å²) in [5.74, 6) is 0.390. The third-order valence-electron chi connectivity index (χ3n) is 2.49. The maximum Gasteiger partial charge on any atom is 0.294 e. The summed E-state index contributed by atoms with van der Waals surface area (Å²) in [4.78, 5) is 0.00171. The molecule has 0 aromatic rings. The molecule has 1 N–H and O–H groups in total. The summed E-state index contributed by atoms with van der Waals surface area (Å²) in [5.41, 5.74) is 2.33. The molecule has 0 fully saturated rings. The average molecular weight is 198 g/mol. The normalized spacial score (nSPS) is 26.6. The van der Waals surface area contributed by atoms with Crippen molar-refractivity contribution in [2.24, 2.45) is 5.92 Å². The van der Waals surface area contributed by atoms with Crippen molar-refractivity contribution < 1.29 is 13.0 Å². The molecule has 4 heteroatoms. The summed E-state index contributed by atoms with van der Waals surface area (Å²) in [6.45, 7) is 2.03. The monoisotopic (exact) mass is 198 g/mol. The molecule has 0 saturated carbocycles. The minimum atomic E-state index is -4.04. The molecule has 2 rings (SSSR count). The second kappa shape index (κ2) is 2.56. The van der Waals surface area contributed by atoms with Crippen LogP contribution in [0.25, 0.3) is 0 Å². The van der Waals surface area contributed by atoms with E-state index in [1.807, 2.05) is 6.92 Å². The van der Waals surface area contributed by atoms with Crippen LogP contribution in [0.3, 0.4) is 0 Å². The van der Waals surface area contributed by atoms with Crippen LogP contribution < -0.4 is 0 Å². The third-order valence-corrected chi connectivity index (χ3v) is 3.34. The molecule has 0 spiro atoms. The Bertz CT molecular complexity index is 437. The van der Waals surface area contributed by atoms with Gasteiger partial charge in [0.1, 0.15) is 0 Å². The molecule has 2 aliphatic rings. The fourth-order valence-electron chi connectivity index (χ4n) is 1.60. The molecular weight excluding hydrogens is 188 g/mol. The smallest absolute Gasteiger partial charge is 0.282 e. The van der Waals surface area contributed by atoms with Crippen LogP contribution in [0.5, 0.6) is 0 Å². The highest BCUT2D eigenvalue weighted by Gasteiger charge is 2.31. The number of rotatable bonds is 1. The SMILES string of the molecule is CC1C2=C1CC=CC(S(=O)(=O)O)=C2. The topological polar surface area (TPSA) is 54.4 Å². The summed E-state index contributed by atoms with van der Waals surface area (Å²) in [5, 5.41) is 0. The lowest BCUT2D eigenvalue weighted by Crippen LogP contribution is -1.99. The van der Waals surface area contributed by atoms with Gasteiger partial charge in [0.2, 0.25) is 0 Å². The molecule has 0 amide bonds. The van der Waals surface area contributed by atoms with Crippen LogP contribution in [0, 0.1) is 5.92 Å². The zero-order valence-corrected chi connectivity index (χ0v) is 8.00. The molecular formula is C9H10O3S. The first-order chi connectivity index (χ1) is 6.00. The number of hydrogen-bond acceptors (Lipinski definition) is 2. The van der Waals surface area contributed by atoms with Crippen LogP contribution in [0.1, 0.15) is 13.3 Å². The second-order valence-corrected chi connectivity index (χ2v) is 4.75. The summed E-state index contributed by atoms with van der Waals surface area (Å²) >= 11 is 0. The third kappa shape index (κ3) is 1.47. The van der Waals surface area contributed by atoms with Gasteiger partial charge in [-0.25, -0.2) is 0 Å². The lowest BCUT2D eigenvalue weighted by Gasteiger charge is -1.96. The predicted molar refractivity (Wildman–Crippen MR) is 49.6 cm³/mol. The molecule has 3 nitrogen and oxygen atoms in total. The fraction of sp³-hybridized carbons (Fsp3) is 0.333. The Labute approximate surface area is 77.2 Å². The standard InChI is InChI=1S/C9H10O3S/c1-6-8-4-2-3-7(5-9(6)8)13(10,11)12/h2-3,5-6H,4H2,1H3,(H,10,11,12). The minimum absolute atomic E-state index is 0.00171. The van der Waals surface area contributed by atoms with Gasteiger partial charge in [-0.15, -0.1) is 0 Å². The first-order valence-electron chi connectivity index (χ1n) is 4.09. The van der Waals surface area contributed by atoms with Crippen molar-refractivity contribution in [3.8, 4) is 0 Å². The maximum absolute atomic E-state index is 10.8. The minimum Gasteiger partial charge on any atom is -0.282 e. The Kier molecular flexibility index (Phi) is 1.72. The zero-order valence-electron chi connectivity index (χ0n) is 7.19. The quantitative estimate of drug-likeness (QED) is 0.652. The van der Waals surface area contributed by atoms with Crippen molar-refractivity contribution in [2.75, 3.05) is 0 Å². The lowest BCUT2D eigenvalue weighted by molar-refractivity contribution is 0.492. The van der Waals surface area contributed by atoms with Crippen LogP contribution in [0.2, 0.25) is 0 Å². The van der Waals surface area contributed by atoms with E-state index in [9.17, 15) is 8.42 Å². The molecule has 0 aromatic heterocycles. The molecule has 0 aliphatic heterocycles. The predicted octanol–water partition coefficient (Wildman–Crippen LogP) is 1.66. The number of hydrogen-bond donors (Lipinski definition) is 1. The largest absolute Gasteiger partial charge is 0.294 e. The Morgan fingerprint density at radius 3 is 2.85 bits per heavy atom. The summed E-state index contributed by atoms with van der Waals surface area (Å²) in [6.07, 6.45) is 5.57. The van der Waals surface area contributed by atoms with Gasteiger partial charge in [-0.3, -0.25) is 4.55 Å². The van der Waals surface area contributed by atoms with Crippen molar-refractivity contribution in [3.63, 3.8) is 0 Å². The molecule has 1 atom stereocenters. The summed E-state index contributed by atoms with van der Waals surface area (Å²) in [6, 6.07) is 0. The molecule has 2 aliphatic carbocycles. The molecule has 0 bridgehead atoms. The Morgan fingerprint density at radius 1 is 1.54 bits per heavy atom. The zero-order chi connectivity index (χ0) is 9.64. The van der Waals surface area contributed by atoms with Crippen molar-refractivity contribution >= 4 is 10.1 Å². The lowest BCUT2D eigenvalue weighted by atomic mass is 10.2. The molecule has 1 unspecified atom stereocenters. The van der Waals surface area contributed by atoms with Gasteiger partial charge in [-0.2, -0.15) is 8.42 Å². The first-order valence-corrected chi connectivity index (χ1v) is 5.53. The van der Waals surface area contributed by atoms with E-state index in [1.54, 1.807) is 12.2 Å². The van der Waals surface area contributed by atoms with Crippen molar-refractivity contribution in [1.29, 1.82) is 0 Å². The van der Waals surface area contributed by atoms with E-state index in [1.165, 1.54) is 11.6 Å². The highest BCUT2D eigenvalue weighted by atomic mass is 32.2. The molecule has 13 heavy (non-hydrogen) atoms. The van der Waals surface area contributed by atoms with Crippen LogP contribution in [-0.4, -0.2) is 13.0 Å². The van der Waals surface area contributed by atoms with Gasteiger partial charge in [0.05, 0.1) is 4.91 Å². The Hall–Kier alpha value is -0.870. The van der Waals surface area contributed by atoms with Crippen LogP contribution in [-0.2, 0) is 10.1 Å². The Balaban J connectivity index is 2.41. The Morgan fingerprint density at radius 2 is 2.23 bits per heavy atom. The van der Waals surface area contributed by atoms with Gasteiger partial charge >= 0.3 is 0 Å². The van der Waals surface area contributed by atoms with E-state index >= 15 is 0 Å². The van der Waals surface area contributed by atoms with Gasteiger partial charge in [-0.1, -0.05) is 18.6 Å². The summed E-state index contributed by atoms with van der Waals surface area (Å²) in [7, 11) is -4.04. The van der Waals surface area contributed by atoms with Gasteiger partial charge < -0.3 is 0 Å². The first kappa shape index (κ1) is 8.72. The van der Waals surface area contributed by atoms with E-state index in [0.29, 0.717) is 5.92 Å². The van der Waals surface area contributed by atoms with Crippen LogP contribution >= 0.6 is 0 Å². The second-order valence-electron chi connectivity index (χ2n) is 3.33. The average Bonchev–Trinajstić information content (AvgIpc) is 2.65. The van der Waals surface area contributed by atoms with Crippen molar-refractivity contribution in [2.45, 2.75) is 13.3 Å². The molecule has 0 aromatic carbocycles. The molecule has 0 saturated heterocycles. The van der Waals surface area contributed by atoms with Crippen LogP contribution in [0.4, 0.5) is 0 Å². The molecule has 0 radical (unpaired) electrons. The van der Waals surface area contributed by atoms with E-state index < -0.39 is 10.1 Å². The van der Waals surface area contributed by atoms with Crippen molar-refractivity contribution in [1.82, 2.24) is 0 Å². The highest BCUT2D eigenvalue weighted by Crippen LogP contribution is 2.44. The highest BCUT2D eigenvalue weighted by molar-refractivity contribution is 7.90. The van der Waals surface area contributed by atoms with Gasteiger partial charge in [0.15, 0.2) is 0 Å². The molecule has 70 valence electrons. The van der Waals surface area contributed by atoms with E-state index in [4.69, 9.17) is 4.55 Å². The fourth-order valence-corrected chi connectivity index (χ4v) is 2.14.